The highest BCUT2D eigenvalue weighted by Gasteiger charge is 2.25. The van der Waals surface area contributed by atoms with E-state index >= 15 is 0 Å². The third-order valence-corrected chi connectivity index (χ3v) is 3.71. The Morgan fingerprint density at radius 3 is 2.86 bits per heavy atom. The van der Waals surface area contributed by atoms with E-state index in [1.165, 1.54) is 0 Å². The van der Waals surface area contributed by atoms with Crippen molar-refractivity contribution in [1.29, 1.82) is 0 Å². The summed E-state index contributed by atoms with van der Waals surface area (Å²) in [5.41, 5.74) is 5.82. The van der Waals surface area contributed by atoms with Gasteiger partial charge in [0.25, 0.3) is 0 Å². The summed E-state index contributed by atoms with van der Waals surface area (Å²) in [5, 5.41) is 9.23. The van der Waals surface area contributed by atoms with Gasteiger partial charge in [-0.25, -0.2) is 4.98 Å². The van der Waals surface area contributed by atoms with Crippen molar-refractivity contribution >= 4 is 11.9 Å². The number of aliphatic hydroxyl groups is 1. The van der Waals surface area contributed by atoms with E-state index in [0.29, 0.717) is 18.3 Å². The molecule has 0 amide bonds. The zero-order valence-electron chi connectivity index (χ0n) is 11.8. The highest BCUT2D eigenvalue weighted by molar-refractivity contribution is 5.39. The lowest BCUT2D eigenvalue weighted by Gasteiger charge is -2.35. The molecule has 1 aliphatic rings. The molecule has 3 heterocycles. The van der Waals surface area contributed by atoms with Gasteiger partial charge in [-0.15, -0.1) is 0 Å². The lowest BCUT2D eigenvalue weighted by atomic mass is 10.0. The molecule has 0 aromatic carbocycles. The van der Waals surface area contributed by atoms with Gasteiger partial charge >= 0.3 is 0 Å². The van der Waals surface area contributed by atoms with Crippen LogP contribution in [-0.4, -0.2) is 48.8 Å². The average Bonchev–Trinajstić information content (AvgIpc) is 3.02. The van der Waals surface area contributed by atoms with Gasteiger partial charge in [0.2, 0.25) is 17.8 Å². The van der Waals surface area contributed by atoms with E-state index in [1.54, 1.807) is 23.3 Å². The summed E-state index contributed by atoms with van der Waals surface area (Å²) in [7, 11) is 0. The van der Waals surface area contributed by atoms with Gasteiger partial charge in [0.05, 0.1) is 0 Å². The van der Waals surface area contributed by atoms with Crippen LogP contribution in [-0.2, 0) is 0 Å². The second-order valence-corrected chi connectivity index (χ2v) is 5.12. The summed E-state index contributed by atoms with van der Waals surface area (Å²) < 4.78 is 1.70. The molecular formula is C13H19N7O. The molecular weight excluding hydrogens is 270 g/mol. The first-order valence-corrected chi connectivity index (χ1v) is 7.15. The van der Waals surface area contributed by atoms with Gasteiger partial charge in [0.15, 0.2) is 0 Å². The zero-order valence-corrected chi connectivity index (χ0v) is 11.8. The minimum Gasteiger partial charge on any atom is -0.396 e. The number of hydrogen-bond acceptors (Lipinski definition) is 7. The van der Waals surface area contributed by atoms with Gasteiger partial charge in [-0.05, 0) is 25.7 Å². The molecule has 3 rings (SSSR count). The van der Waals surface area contributed by atoms with Crippen LogP contribution in [0.5, 0.6) is 0 Å². The van der Waals surface area contributed by atoms with Gasteiger partial charge in [-0.3, -0.25) is 4.57 Å². The number of nitrogen functional groups attached to an aromatic ring is 1. The van der Waals surface area contributed by atoms with Crippen LogP contribution in [0.3, 0.4) is 0 Å². The Hall–Kier alpha value is -2.22. The first-order chi connectivity index (χ1) is 10.3. The van der Waals surface area contributed by atoms with E-state index in [2.05, 4.69) is 24.8 Å². The Bertz CT molecular complexity index is 584. The Morgan fingerprint density at radius 1 is 1.24 bits per heavy atom. The van der Waals surface area contributed by atoms with Gasteiger partial charge in [0, 0.05) is 31.6 Å². The summed E-state index contributed by atoms with van der Waals surface area (Å²) >= 11 is 0. The minimum absolute atomic E-state index is 0.163. The zero-order chi connectivity index (χ0) is 14.7. The smallest absolute Gasteiger partial charge is 0.241 e. The number of nitrogens with two attached hydrogens (primary N) is 1. The van der Waals surface area contributed by atoms with Crippen molar-refractivity contribution < 1.29 is 5.11 Å². The number of nitrogens with zero attached hydrogens (tertiary/aromatic N) is 6. The van der Waals surface area contributed by atoms with Crippen LogP contribution in [0.1, 0.15) is 25.7 Å². The van der Waals surface area contributed by atoms with Crippen LogP contribution in [0.4, 0.5) is 11.9 Å². The highest BCUT2D eigenvalue weighted by atomic mass is 16.3. The van der Waals surface area contributed by atoms with Crippen molar-refractivity contribution in [2.45, 2.75) is 31.7 Å². The van der Waals surface area contributed by atoms with Crippen molar-refractivity contribution in [2.75, 3.05) is 23.8 Å². The quantitative estimate of drug-likeness (QED) is 0.838. The second-order valence-electron chi connectivity index (χ2n) is 5.12. The summed E-state index contributed by atoms with van der Waals surface area (Å²) in [5.74, 6) is 1.23. The molecule has 1 atom stereocenters. The Balaban J connectivity index is 1.93. The van der Waals surface area contributed by atoms with Crippen LogP contribution in [0.15, 0.2) is 18.7 Å². The molecule has 2 aromatic rings. The van der Waals surface area contributed by atoms with Crippen LogP contribution in [0.2, 0.25) is 0 Å². The molecule has 112 valence electrons. The number of hydrogen-bond donors (Lipinski definition) is 2. The maximum atomic E-state index is 9.23. The Labute approximate surface area is 122 Å². The van der Waals surface area contributed by atoms with Crippen LogP contribution >= 0.6 is 0 Å². The third kappa shape index (κ3) is 2.94. The van der Waals surface area contributed by atoms with Gasteiger partial charge in [0.1, 0.15) is 6.33 Å². The van der Waals surface area contributed by atoms with E-state index in [4.69, 9.17) is 5.73 Å². The lowest BCUT2D eigenvalue weighted by Crippen LogP contribution is -2.41. The molecule has 1 saturated heterocycles. The normalized spacial score (nSPS) is 18.9. The first kappa shape index (κ1) is 13.7. The van der Waals surface area contributed by atoms with E-state index in [-0.39, 0.29) is 18.6 Å². The topological polar surface area (TPSA) is 106 Å². The molecule has 1 aliphatic heterocycles. The molecule has 1 fully saturated rings. The summed E-state index contributed by atoms with van der Waals surface area (Å²) in [6.07, 6.45) is 9.05. The number of anilines is 2. The lowest BCUT2D eigenvalue weighted by molar-refractivity contribution is 0.261. The minimum atomic E-state index is 0.163. The molecule has 0 spiro atoms. The Morgan fingerprint density at radius 2 is 2.10 bits per heavy atom. The van der Waals surface area contributed by atoms with E-state index in [0.717, 1.165) is 25.8 Å². The predicted molar refractivity (Wildman–Crippen MR) is 78.0 cm³/mol. The van der Waals surface area contributed by atoms with Crippen molar-refractivity contribution in [3.05, 3.63) is 18.7 Å². The summed E-state index contributed by atoms with van der Waals surface area (Å²) in [4.78, 5) is 19.0. The summed E-state index contributed by atoms with van der Waals surface area (Å²) in [6.45, 7) is 1.04. The molecule has 21 heavy (non-hydrogen) atoms. The number of rotatable bonds is 4. The van der Waals surface area contributed by atoms with Crippen LogP contribution in [0, 0.1) is 0 Å². The predicted octanol–water partition coefficient (Wildman–Crippen LogP) is 0.381. The molecule has 0 bridgehead atoms. The molecule has 8 heteroatoms. The monoisotopic (exact) mass is 289 g/mol. The van der Waals surface area contributed by atoms with Gasteiger partial charge in [-0.2, -0.15) is 15.0 Å². The van der Waals surface area contributed by atoms with E-state index in [1.807, 2.05) is 0 Å². The van der Waals surface area contributed by atoms with Gasteiger partial charge < -0.3 is 15.7 Å². The average molecular weight is 289 g/mol. The molecule has 0 saturated carbocycles. The fourth-order valence-corrected chi connectivity index (χ4v) is 2.70. The number of aliphatic hydroxyl groups excluding tert-OH is 1. The molecule has 0 radical (unpaired) electrons. The fraction of sp³-hybridized carbons (Fsp3) is 0.538. The van der Waals surface area contributed by atoms with Crippen molar-refractivity contribution in [3.63, 3.8) is 0 Å². The first-order valence-electron chi connectivity index (χ1n) is 7.15. The second kappa shape index (κ2) is 6.04. The maximum Gasteiger partial charge on any atom is 0.241 e. The van der Waals surface area contributed by atoms with Crippen molar-refractivity contribution in [3.8, 4) is 5.95 Å². The summed E-state index contributed by atoms with van der Waals surface area (Å²) in [6, 6.07) is 0.251. The van der Waals surface area contributed by atoms with Crippen LogP contribution in [0.25, 0.3) is 5.95 Å². The molecule has 3 N–H and O–H groups in total. The standard InChI is InChI=1S/C13H19N7O/c14-11-16-12(19-7-5-15-9-19)18-13(17-11)20-6-2-1-3-10(20)4-8-21/h5,7,9-10,21H,1-4,6,8H2,(H2,14,16,17,18). The number of imidazole rings is 1. The maximum absolute atomic E-state index is 9.23. The SMILES string of the molecule is Nc1nc(N2CCCCC2CCO)nc(-n2ccnc2)n1. The fourth-order valence-electron chi connectivity index (χ4n) is 2.70. The number of aromatic nitrogens is 5. The van der Waals surface area contributed by atoms with Crippen LogP contribution < -0.4 is 10.6 Å². The number of piperidine rings is 1. The highest BCUT2D eigenvalue weighted by Crippen LogP contribution is 2.24. The van der Waals surface area contributed by atoms with Crippen molar-refractivity contribution in [1.82, 2.24) is 24.5 Å². The van der Waals surface area contributed by atoms with Crippen molar-refractivity contribution in [2.24, 2.45) is 0 Å². The molecule has 1 unspecified atom stereocenters. The van der Waals surface area contributed by atoms with E-state index in [9.17, 15) is 5.11 Å². The molecule has 0 aliphatic carbocycles. The molecule has 2 aromatic heterocycles. The molecule has 8 nitrogen and oxygen atoms in total. The Kier molecular flexibility index (Phi) is 3.96. The van der Waals surface area contributed by atoms with E-state index < -0.39 is 0 Å². The largest absolute Gasteiger partial charge is 0.396 e. The van der Waals surface area contributed by atoms with Gasteiger partial charge in [-0.1, -0.05) is 0 Å². The third-order valence-electron chi connectivity index (χ3n) is 3.71.